The van der Waals surface area contributed by atoms with Gasteiger partial charge in [-0.25, -0.2) is 9.18 Å². The Kier molecular flexibility index (Phi) is 3.70. The van der Waals surface area contributed by atoms with Gasteiger partial charge in [-0.3, -0.25) is 0 Å². The van der Waals surface area contributed by atoms with E-state index >= 15 is 0 Å². The van der Waals surface area contributed by atoms with Crippen LogP contribution in [0.2, 0.25) is 0 Å². The summed E-state index contributed by atoms with van der Waals surface area (Å²) in [7, 11) is 1.53. The zero-order valence-corrected chi connectivity index (χ0v) is 10.9. The lowest BCUT2D eigenvalue weighted by atomic mass is 10.2. The van der Waals surface area contributed by atoms with Gasteiger partial charge in [0, 0.05) is 7.05 Å². The molecule has 2 rings (SSSR count). The Morgan fingerprint density at radius 2 is 2.25 bits per heavy atom. The molecule has 9 heteroatoms. The van der Waals surface area contributed by atoms with Crippen molar-refractivity contribution in [3.63, 3.8) is 0 Å². The van der Waals surface area contributed by atoms with Gasteiger partial charge < -0.3 is 19.8 Å². The molecule has 0 amide bonds. The number of hydrogen-bond donors (Lipinski definition) is 1. The number of halogens is 1. The second kappa shape index (κ2) is 5.29. The van der Waals surface area contributed by atoms with Crippen molar-refractivity contribution < 1.29 is 19.2 Å². The molecule has 7 nitrogen and oxygen atoms in total. The maximum absolute atomic E-state index is 13.7. The lowest BCUT2D eigenvalue weighted by Crippen LogP contribution is -1.98. The van der Waals surface area contributed by atoms with Gasteiger partial charge in [-0.2, -0.15) is 0 Å². The first-order valence-corrected chi connectivity index (χ1v) is 6.08. The second-order valence-corrected chi connectivity index (χ2v) is 4.82. The van der Waals surface area contributed by atoms with Gasteiger partial charge >= 0.3 is 11.8 Å². The lowest BCUT2D eigenvalue weighted by Gasteiger charge is -2.04. The summed E-state index contributed by atoms with van der Waals surface area (Å²) in [5, 5.41) is 19.8. The molecule has 2 aromatic rings. The predicted octanol–water partition coefficient (Wildman–Crippen LogP) is 2.32. The number of rotatable bonds is 4. The molecule has 0 atom stereocenters. The molecule has 0 unspecified atom stereocenters. The number of carboxylic acid groups (broad SMARTS) is 1. The number of aryl methyl sites for hydroxylation is 1. The molecule has 1 N–H and O–H groups in total. The van der Waals surface area contributed by atoms with Crippen molar-refractivity contribution in [2.45, 2.75) is 9.92 Å². The summed E-state index contributed by atoms with van der Waals surface area (Å²) in [5.41, 5.74) is -0.0984. The molecule has 0 fully saturated rings. The highest BCUT2D eigenvalue weighted by molar-refractivity contribution is 7.99. The third kappa shape index (κ3) is 2.62. The zero-order valence-electron chi connectivity index (χ0n) is 10.1. The fourth-order valence-electron chi connectivity index (χ4n) is 1.47. The van der Waals surface area contributed by atoms with Crippen molar-refractivity contribution >= 4 is 23.5 Å². The quantitative estimate of drug-likeness (QED) is 0.687. The minimum atomic E-state index is -1.20. The van der Waals surface area contributed by atoms with Crippen molar-refractivity contribution in [1.82, 2.24) is 9.55 Å². The summed E-state index contributed by atoms with van der Waals surface area (Å²) in [5.74, 6) is -2.26. The first-order valence-electron chi connectivity index (χ1n) is 5.26. The van der Waals surface area contributed by atoms with Gasteiger partial charge in [0.05, 0.1) is 10.5 Å². The van der Waals surface area contributed by atoms with Gasteiger partial charge in [-0.1, -0.05) is 11.8 Å². The van der Waals surface area contributed by atoms with Crippen LogP contribution >= 0.6 is 11.8 Å². The minimum absolute atomic E-state index is 0.0170. The number of nitrogens with zero attached hydrogens (tertiary/aromatic N) is 3. The number of imidazole rings is 1. The van der Waals surface area contributed by atoms with E-state index in [4.69, 9.17) is 5.11 Å². The van der Waals surface area contributed by atoms with E-state index in [0.717, 1.165) is 30.0 Å². The molecule has 1 heterocycles. The fourth-order valence-corrected chi connectivity index (χ4v) is 2.44. The Morgan fingerprint density at radius 3 is 2.85 bits per heavy atom. The number of aromatic nitrogens is 2. The third-order valence-electron chi connectivity index (χ3n) is 2.42. The second-order valence-electron chi connectivity index (χ2n) is 3.79. The Hall–Kier alpha value is -2.42. The van der Waals surface area contributed by atoms with Gasteiger partial charge in [0.2, 0.25) is 6.33 Å². The Morgan fingerprint density at radius 1 is 1.55 bits per heavy atom. The highest BCUT2D eigenvalue weighted by atomic mass is 32.2. The molecule has 0 aliphatic carbocycles. The number of aromatic carboxylic acids is 1. The molecular formula is C11H8FN3O4S. The van der Waals surface area contributed by atoms with Crippen LogP contribution in [0.5, 0.6) is 0 Å². The number of hydrogen-bond acceptors (Lipinski definition) is 5. The van der Waals surface area contributed by atoms with Crippen molar-refractivity contribution in [2.24, 2.45) is 7.05 Å². The number of benzene rings is 1. The predicted molar refractivity (Wildman–Crippen MR) is 67.3 cm³/mol. The first kappa shape index (κ1) is 14.0. The normalized spacial score (nSPS) is 10.5. The van der Waals surface area contributed by atoms with E-state index in [-0.39, 0.29) is 15.5 Å². The van der Waals surface area contributed by atoms with Crippen LogP contribution in [-0.4, -0.2) is 25.6 Å². The van der Waals surface area contributed by atoms with Crippen LogP contribution in [0.1, 0.15) is 10.4 Å². The number of carboxylic acids is 1. The van der Waals surface area contributed by atoms with Gasteiger partial charge in [0.1, 0.15) is 5.82 Å². The molecule has 20 heavy (non-hydrogen) atoms. The first-order chi connectivity index (χ1) is 9.40. The van der Waals surface area contributed by atoms with E-state index in [1.165, 1.54) is 17.9 Å². The smallest absolute Gasteiger partial charge is 0.396 e. The maximum Gasteiger partial charge on any atom is 0.396 e. The maximum atomic E-state index is 13.7. The zero-order chi connectivity index (χ0) is 14.9. The summed E-state index contributed by atoms with van der Waals surface area (Å²) in [6, 6.07) is 3.26. The van der Waals surface area contributed by atoms with Crippen LogP contribution in [0.25, 0.3) is 0 Å². The molecule has 0 bridgehead atoms. The van der Waals surface area contributed by atoms with Gasteiger partial charge in [-0.15, -0.1) is 0 Å². The largest absolute Gasteiger partial charge is 0.478 e. The number of nitro groups is 1. The molecule has 0 saturated carbocycles. The van der Waals surface area contributed by atoms with E-state index < -0.39 is 22.5 Å². The number of carbonyl (C=O) groups is 1. The van der Waals surface area contributed by atoms with E-state index in [1.807, 2.05) is 0 Å². The fraction of sp³-hybridized carbons (Fsp3) is 0.0909. The summed E-state index contributed by atoms with van der Waals surface area (Å²) in [6.07, 6.45) is 1.24. The summed E-state index contributed by atoms with van der Waals surface area (Å²) < 4.78 is 15.0. The van der Waals surface area contributed by atoms with E-state index in [0.29, 0.717) is 0 Å². The van der Waals surface area contributed by atoms with E-state index in [9.17, 15) is 19.3 Å². The molecule has 0 spiro atoms. The van der Waals surface area contributed by atoms with Crippen LogP contribution in [0, 0.1) is 15.9 Å². The Bertz CT molecular complexity index is 701. The summed E-state index contributed by atoms with van der Waals surface area (Å²) in [6.45, 7) is 0. The molecule has 0 radical (unpaired) electrons. The SMILES string of the molecule is Cn1cnc([N+](=O)[O-])c1Sc1cc(C(=O)O)ccc1F. The lowest BCUT2D eigenvalue weighted by molar-refractivity contribution is -0.392. The molecule has 0 aliphatic heterocycles. The molecule has 1 aromatic heterocycles. The summed E-state index contributed by atoms with van der Waals surface area (Å²) in [4.78, 5) is 24.6. The van der Waals surface area contributed by atoms with Gasteiger partial charge in [-0.05, 0) is 28.1 Å². The van der Waals surface area contributed by atoms with Crippen LogP contribution in [0.4, 0.5) is 10.2 Å². The monoisotopic (exact) mass is 297 g/mol. The van der Waals surface area contributed by atoms with E-state index in [1.54, 1.807) is 0 Å². The minimum Gasteiger partial charge on any atom is -0.478 e. The topological polar surface area (TPSA) is 98.3 Å². The molecule has 104 valence electrons. The van der Waals surface area contributed by atoms with E-state index in [2.05, 4.69) is 4.98 Å². The van der Waals surface area contributed by atoms with Crippen LogP contribution in [-0.2, 0) is 7.05 Å². The van der Waals surface area contributed by atoms with Crippen molar-refractivity contribution in [3.05, 3.63) is 46.0 Å². The average Bonchev–Trinajstić information content (AvgIpc) is 2.73. The molecule has 0 saturated heterocycles. The highest BCUT2D eigenvalue weighted by Gasteiger charge is 2.22. The molecular weight excluding hydrogens is 289 g/mol. The van der Waals surface area contributed by atoms with Crippen molar-refractivity contribution in [1.29, 1.82) is 0 Å². The van der Waals surface area contributed by atoms with Gasteiger partial charge in [0.25, 0.3) is 0 Å². The average molecular weight is 297 g/mol. The van der Waals surface area contributed by atoms with Crippen LogP contribution < -0.4 is 0 Å². The van der Waals surface area contributed by atoms with Crippen LogP contribution in [0.3, 0.4) is 0 Å². The third-order valence-corrected chi connectivity index (χ3v) is 3.62. The van der Waals surface area contributed by atoms with Crippen LogP contribution in [0.15, 0.2) is 34.4 Å². The standard InChI is InChI=1S/C11H8FN3O4S/c1-14-5-13-9(15(18)19)10(14)20-8-4-6(11(16)17)2-3-7(8)12/h2-5H,1H3,(H,16,17). The Balaban J connectivity index is 2.44. The summed E-state index contributed by atoms with van der Waals surface area (Å²) >= 11 is 0.754. The van der Waals surface area contributed by atoms with Gasteiger partial charge in [0.15, 0.2) is 5.03 Å². The van der Waals surface area contributed by atoms with Crippen molar-refractivity contribution in [3.8, 4) is 0 Å². The van der Waals surface area contributed by atoms with Crippen molar-refractivity contribution in [2.75, 3.05) is 0 Å². The molecule has 0 aliphatic rings. The highest BCUT2D eigenvalue weighted by Crippen LogP contribution is 2.35. The Labute approximate surface area is 116 Å². The molecule has 1 aromatic carbocycles.